The number of fused-ring (bicyclic) bond motifs is 2. The Morgan fingerprint density at radius 2 is 2.00 bits per heavy atom. The molecule has 0 atom stereocenters. The van der Waals surface area contributed by atoms with Crippen LogP contribution in [0.15, 0.2) is 48.5 Å². The third-order valence-electron chi connectivity index (χ3n) is 4.58. The van der Waals surface area contributed by atoms with Gasteiger partial charge in [0.05, 0.1) is 0 Å². The van der Waals surface area contributed by atoms with Gasteiger partial charge in [0.2, 0.25) is 0 Å². The highest BCUT2D eigenvalue weighted by atomic mass is 16.5. The van der Waals surface area contributed by atoms with E-state index in [4.69, 9.17) is 9.84 Å². The average molecular weight is 351 g/mol. The van der Waals surface area contributed by atoms with Crippen LogP contribution in [-0.2, 0) is 17.8 Å². The zero-order chi connectivity index (χ0) is 18.5. The van der Waals surface area contributed by atoms with Gasteiger partial charge >= 0.3 is 5.97 Å². The first kappa shape index (κ1) is 18.2. The zero-order valence-corrected chi connectivity index (χ0v) is 15.4. The maximum absolute atomic E-state index is 10.9. The summed E-state index contributed by atoms with van der Waals surface area (Å²) in [7, 11) is 4.14. The van der Waals surface area contributed by atoms with Crippen molar-refractivity contribution in [2.45, 2.75) is 25.9 Å². The van der Waals surface area contributed by atoms with E-state index in [1.807, 2.05) is 18.2 Å². The van der Waals surface area contributed by atoms with E-state index >= 15 is 0 Å². The Bertz CT molecular complexity index is 824. The first-order valence-electron chi connectivity index (χ1n) is 8.95. The Morgan fingerprint density at radius 3 is 2.77 bits per heavy atom. The second-order valence-electron chi connectivity index (χ2n) is 6.88. The van der Waals surface area contributed by atoms with E-state index in [-0.39, 0.29) is 6.42 Å². The fraction of sp³-hybridized carbons (Fsp3) is 0.318. The van der Waals surface area contributed by atoms with Crippen molar-refractivity contribution in [2.24, 2.45) is 0 Å². The van der Waals surface area contributed by atoms with Crippen LogP contribution in [0.4, 0.5) is 0 Å². The van der Waals surface area contributed by atoms with Crippen molar-refractivity contribution in [3.05, 3.63) is 70.8 Å². The topological polar surface area (TPSA) is 49.8 Å². The summed E-state index contributed by atoms with van der Waals surface area (Å²) >= 11 is 0. The van der Waals surface area contributed by atoms with Gasteiger partial charge in [0.1, 0.15) is 12.4 Å². The van der Waals surface area contributed by atoms with Crippen LogP contribution in [0.3, 0.4) is 0 Å². The highest BCUT2D eigenvalue weighted by Crippen LogP contribution is 2.37. The summed E-state index contributed by atoms with van der Waals surface area (Å²) in [5.74, 6) is 0.0830. The Hall–Kier alpha value is -2.59. The molecule has 4 heteroatoms. The molecule has 0 aromatic heterocycles. The van der Waals surface area contributed by atoms with Crippen LogP contribution in [0.1, 0.15) is 35.1 Å². The van der Waals surface area contributed by atoms with Crippen molar-refractivity contribution in [3.63, 3.8) is 0 Å². The van der Waals surface area contributed by atoms with Crippen molar-refractivity contribution in [1.82, 2.24) is 4.90 Å². The normalized spacial score (nSPS) is 14.5. The molecule has 0 bridgehead atoms. The van der Waals surface area contributed by atoms with Gasteiger partial charge in [-0.1, -0.05) is 36.4 Å². The van der Waals surface area contributed by atoms with Crippen LogP contribution >= 0.6 is 0 Å². The van der Waals surface area contributed by atoms with E-state index in [9.17, 15) is 4.79 Å². The maximum Gasteiger partial charge on any atom is 0.303 e. The lowest BCUT2D eigenvalue weighted by Gasteiger charge is -2.13. The van der Waals surface area contributed by atoms with E-state index in [1.54, 1.807) is 0 Å². The van der Waals surface area contributed by atoms with E-state index < -0.39 is 5.97 Å². The van der Waals surface area contributed by atoms with Crippen molar-refractivity contribution in [2.75, 3.05) is 20.6 Å². The second kappa shape index (κ2) is 8.19. The summed E-state index contributed by atoms with van der Waals surface area (Å²) in [6, 6.07) is 14.4. The highest BCUT2D eigenvalue weighted by molar-refractivity contribution is 5.85. The standard InChI is InChI=1S/C22H25NO3/c1-23(2)13-5-8-19-18-7-4-3-6-17(18)15-26-21-11-9-16(14-20(19)21)10-12-22(24)25/h3-4,6-9,11,14H,5,10,12-13,15H2,1-2H3,(H,24,25). The number of nitrogens with zero attached hydrogens (tertiary/aromatic N) is 1. The van der Waals surface area contributed by atoms with Gasteiger partial charge < -0.3 is 14.7 Å². The van der Waals surface area contributed by atoms with Gasteiger partial charge in [-0.05, 0) is 61.3 Å². The number of ether oxygens (including phenoxy) is 1. The molecule has 4 nitrogen and oxygen atoms in total. The number of aryl methyl sites for hydroxylation is 1. The molecule has 0 spiro atoms. The summed E-state index contributed by atoms with van der Waals surface area (Å²) in [6.07, 6.45) is 3.87. The molecule has 1 aliphatic rings. The third-order valence-corrected chi connectivity index (χ3v) is 4.58. The van der Waals surface area contributed by atoms with Crippen LogP contribution in [0.25, 0.3) is 5.57 Å². The van der Waals surface area contributed by atoms with E-state index in [0.717, 1.165) is 29.8 Å². The minimum Gasteiger partial charge on any atom is -0.488 e. The molecule has 0 amide bonds. The molecular weight excluding hydrogens is 326 g/mol. The monoisotopic (exact) mass is 351 g/mol. The highest BCUT2D eigenvalue weighted by Gasteiger charge is 2.19. The molecule has 1 N–H and O–H groups in total. The zero-order valence-electron chi connectivity index (χ0n) is 15.4. The lowest BCUT2D eigenvalue weighted by molar-refractivity contribution is -0.136. The molecule has 136 valence electrons. The smallest absolute Gasteiger partial charge is 0.303 e. The predicted molar refractivity (Wildman–Crippen MR) is 103 cm³/mol. The summed E-state index contributed by atoms with van der Waals surface area (Å²) in [6.45, 7) is 1.52. The van der Waals surface area contributed by atoms with E-state index in [1.165, 1.54) is 16.7 Å². The van der Waals surface area contributed by atoms with Gasteiger partial charge in [-0.3, -0.25) is 4.79 Å². The molecular formula is C22H25NO3. The molecule has 26 heavy (non-hydrogen) atoms. The number of benzene rings is 2. The first-order valence-corrected chi connectivity index (χ1v) is 8.95. The van der Waals surface area contributed by atoms with Crippen LogP contribution in [0.5, 0.6) is 5.75 Å². The molecule has 0 saturated heterocycles. The molecule has 0 saturated carbocycles. The largest absolute Gasteiger partial charge is 0.488 e. The molecule has 3 rings (SSSR count). The molecule has 0 unspecified atom stereocenters. The number of carbonyl (C=O) groups is 1. The Balaban J connectivity index is 2.02. The van der Waals surface area contributed by atoms with Gasteiger partial charge in [-0.2, -0.15) is 0 Å². The van der Waals surface area contributed by atoms with Gasteiger partial charge in [-0.15, -0.1) is 0 Å². The SMILES string of the molecule is CN(C)CCC=C1c2ccccc2COc2ccc(CCC(=O)O)cc21. The number of carboxylic acids is 1. The minimum absolute atomic E-state index is 0.135. The van der Waals surface area contributed by atoms with Crippen LogP contribution in [-0.4, -0.2) is 36.6 Å². The fourth-order valence-electron chi connectivity index (χ4n) is 3.22. The Morgan fingerprint density at radius 1 is 1.19 bits per heavy atom. The molecule has 2 aromatic carbocycles. The summed E-state index contributed by atoms with van der Waals surface area (Å²) in [5.41, 5.74) is 5.61. The number of aliphatic carboxylic acids is 1. The van der Waals surface area contributed by atoms with Gasteiger partial charge in [-0.25, -0.2) is 0 Å². The second-order valence-corrected chi connectivity index (χ2v) is 6.88. The van der Waals surface area contributed by atoms with Crippen LogP contribution in [0, 0.1) is 0 Å². The molecule has 0 fully saturated rings. The Labute approximate surface area is 154 Å². The number of carboxylic acid groups (broad SMARTS) is 1. The van der Waals surface area contributed by atoms with Crippen molar-refractivity contribution < 1.29 is 14.6 Å². The van der Waals surface area contributed by atoms with Gasteiger partial charge in [0, 0.05) is 18.5 Å². The summed E-state index contributed by atoms with van der Waals surface area (Å²) in [4.78, 5) is 13.1. The first-order chi connectivity index (χ1) is 12.5. The van der Waals surface area contributed by atoms with E-state index in [2.05, 4.69) is 49.3 Å². The molecule has 0 radical (unpaired) electrons. The van der Waals surface area contributed by atoms with E-state index in [0.29, 0.717) is 13.0 Å². The van der Waals surface area contributed by atoms with Crippen molar-refractivity contribution >= 4 is 11.5 Å². The lowest BCUT2D eigenvalue weighted by atomic mass is 9.92. The van der Waals surface area contributed by atoms with Gasteiger partial charge in [0.15, 0.2) is 0 Å². The third kappa shape index (κ3) is 4.33. The number of rotatable bonds is 6. The number of hydrogen-bond acceptors (Lipinski definition) is 3. The lowest BCUT2D eigenvalue weighted by Crippen LogP contribution is -2.12. The van der Waals surface area contributed by atoms with Crippen molar-refractivity contribution in [1.29, 1.82) is 0 Å². The van der Waals surface area contributed by atoms with Crippen molar-refractivity contribution in [3.8, 4) is 5.75 Å². The Kier molecular flexibility index (Phi) is 5.74. The van der Waals surface area contributed by atoms with Gasteiger partial charge in [0.25, 0.3) is 0 Å². The fourth-order valence-corrected chi connectivity index (χ4v) is 3.22. The molecule has 2 aromatic rings. The molecule has 1 aliphatic heterocycles. The predicted octanol–water partition coefficient (Wildman–Crippen LogP) is 3.98. The number of hydrogen-bond donors (Lipinski definition) is 1. The average Bonchev–Trinajstić information content (AvgIpc) is 2.77. The quantitative estimate of drug-likeness (QED) is 0.855. The summed E-state index contributed by atoms with van der Waals surface area (Å²) in [5, 5.41) is 8.97. The molecule has 0 aliphatic carbocycles. The minimum atomic E-state index is -0.775. The van der Waals surface area contributed by atoms with Crippen LogP contribution < -0.4 is 4.74 Å². The maximum atomic E-state index is 10.9. The molecule has 1 heterocycles. The van der Waals surface area contributed by atoms with Crippen LogP contribution in [0.2, 0.25) is 0 Å². The summed E-state index contributed by atoms with van der Waals surface area (Å²) < 4.78 is 6.05.